The van der Waals surface area contributed by atoms with Crippen LogP contribution < -0.4 is 0 Å². The number of ether oxygens (including phenoxy) is 2. The minimum atomic E-state index is -0.895. The lowest BCUT2D eigenvalue weighted by Crippen LogP contribution is -2.51. The van der Waals surface area contributed by atoms with Crippen molar-refractivity contribution in [3.8, 4) is 0 Å². The van der Waals surface area contributed by atoms with Gasteiger partial charge < -0.3 is 14.3 Å². The van der Waals surface area contributed by atoms with Crippen molar-refractivity contribution >= 4 is 12.4 Å². The van der Waals surface area contributed by atoms with Gasteiger partial charge in [0, 0.05) is 0 Å². The molecule has 2 rings (SSSR count). The fraction of sp³-hybridized carbons (Fsp3) is 0.556. The molecule has 1 saturated heterocycles. The lowest BCUT2D eigenvalue weighted by Gasteiger charge is -2.35. The third-order valence-corrected chi connectivity index (χ3v) is 3.73. The van der Waals surface area contributed by atoms with Crippen molar-refractivity contribution in [1.29, 1.82) is 0 Å². The standard InChI is InChI=1S/C18H25NO4/c1-17(2,3)23-16(21)19-14(11-13-9-7-6-8-10-13)15(12-20)22-18(19,4)5/h6-10,12,14-15H,11H2,1-5H3/t14-,15-/m1/s1. The quantitative estimate of drug-likeness (QED) is 0.803. The number of carbonyl (C=O) groups is 2. The number of rotatable bonds is 3. The van der Waals surface area contributed by atoms with Crippen molar-refractivity contribution in [3.05, 3.63) is 35.9 Å². The topological polar surface area (TPSA) is 55.8 Å². The summed E-state index contributed by atoms with van der Waals surface area (Å²) in [5.74, 6) is 0. The Morgan fingerprint density at radius 3 is 2.43 bits per heavy atom. The molecule has 0 spiro atoms. The van der Waals surface area contributed by atoms with Gasteiger partial charge in [-0.2, -0.15) is 0 Å². The van der Waals surface area contributed by atoms with Crippen molar-refractivity contribution in [2.75, 3.05) is 0 Å². The van der Waals surface area contributed by atoms with Gasteiger partial charge >= 0.3 is 6.09 Å². The maximum absolute atomic E-state index is 12.6. The Kier molecular flexibility index (Phi) is 4.80. The molecule has 0 N–H and O–H groups in total. The normalized spacial score (nSPS) is 23.6. The smallest absolute Gasteiger partial charge is 0.412 e. The van der Waals surface area contributed by atoms with Gasteiger partial charge in [-0.15, -0.1) is 0 Å². The molecule has 0 aliphatic carbocycles. The van der Waals surface area contributed by atoms with Crippen LogP contribution in [0, 0.1) is 0 Å². The van der Waals surface area contributed by atoms with Gasteiger partial charge in [0.2, 0.25) is 0 Å². The Balaban J connectivity index is 2.29. The van der Waals surface area contributed by atoms with Crippen LogP contribution in [0.3, 0.4) is 0 Å². The van der Waals surface area contributed by atoms with E-state index in [9.17, 15) is 9.59 Å². The highest BCUT2D eigenvalue weighted by Crippen LogP contribution is 2.34. The summed E-state index contributed by atoms with van der Waals surface area (Å²) in [6.07, 6.45) is 0.164. The van der Waals surface area contributed by atoms with Crippen LogP contribution >= 0.6 is 0 Å². The largest absolute Gasteiger partial charge is 0.444 e. The van der Waals surface area contributed by atoms with E-state index in [1.807, 2.05) is 51.1 Å². The fourth-order valence-electron chi connectivity index (χ4n) is 2.86. The van der Waals surface area contributed by atoms with Crippen molar-refractivity contribution in [2.45, 2.75) is 64.5 Å². The highest BCUT2D eigenvalue weighted by molar-refractivity contribution is 5.72. The molecule has 5 nitrogen and oxygen atoms in total. The first-order chi connectivity index (χ1) is 10.6. The van der Waals surface area contributed by atoms with Crippen LogP contribution in [0.4, 0.5) is 4.79 Å². The summed E-state index contributed by atoms with van der Waals surface area (Å²) in [5.41, 5.74) is -0.462. The number of aldehydes is 1. The molecule has 1 aliphatic heterocycles. The summed E-state index contributed by atoms with van der Waals surface area (Å²) in [6, 6.07) is 9.36. The van der Waals surface area contributed by atoms with E-state index in [0.717, 1.165) is 11.8 Å². The van der Waals surface area contributed by atoms with E-state index in [4.69, 9.17) is 9.47 Å². The predicted octanol–water partition coefficient (Wildman–Crippen LogP) is 3.17. The fourth-order valence-corrected chi connectivity index (χ4v) is 2.86. The summed E-state index contributed by atoms with van der Waals surface area (Å²) in [6.45, 7) is 9.01. The second-order valence-electron chi connectivity index (χ2n) is 7.27. The average Bonchev–Trinajstić information content (AvgIpc) is 2.68. The molecule has 0 unspecified atom stereocenters. The summed E-state index contributed by atoms with van der Waals surface area (Å²) in [7, 11) is 0. The monoisotopic (exact) mass is 319 g/mol. The molecule has 1 aromatic rings. The zero-order chi connectivity index (χ0) is 17.3. The van der Waals surface area contributed by atoms with Gasteiger partial charge in [-0.1, -0.05) is 30.3 Å². The van der Waals surface area contributed by atoms with E-state index in [1.165, 1.54) is 0 Å². The highest BCUT2D eigenvalue weighted by Gasteiger charge is 2.51. The van der Waals surface area contributed by atoms with Gasteiger partial charge in [0.05, 0.1) is 6.04 Å². The van der Waals surface area contributed by atoms with Gasteiger partial charge in [-0.05, 0) is 46.6 Å². The predicted molar refractivity (Wildman–Crippen MR) is 87.0 cm³/mol. The van der Waals surface area contributed by atoms with Gasteiger partial charge in [-0.3, -0.25) is 4.90 Å². The van der Waals surface area contributed by atoms with Crippen LogP contribution in [0.5, 0.6) is 0 Å². The molecule has 23 heavy (non-hydrogen) atoms. The molecule has 0 radical (unpaired) electrons. The molecular weight excluding hydrogens is 294 g/mol. The Hall–Kier alpha value is -1.88. The van der Waals surface area contributed by atoms with Gasteiger partial charge in [0.15, 0.2) is 6.29 Å². The molecule has 126 valence electrons. The minimum absolute atomic E-state index is 0.389. The van der Waals surface area contributed by atoms with Crippen LogP contribution in [-0.2, 0) is 20.7 Å². The van der Waals surface area contributed by atoms with E-state index in [-0.39, 0.29) is 6.04 Å². The van der Waals surface area contributed by atoms with E-state index in [2.05, 4.69) is 0 Å². The third-order valence-electron chi connectivity index (χ3n) is 3.73. The number of carbonyl (C=O) groups excluding carboxylic acids is 2. The van der Waals surface area contributed by atoms with Gasteiger partial charge in [0.25, 0.3) is 0 Å². The van der Waals surface area contributed by atoms with Gasteiger partial charge in [-0.25, -0.2) is 4.79 Å². The number of hydrogen-bond acceptors (Lipinski definition) is 4. The van der Waals surface area contributed by atoms with Crippen molar-refractivity contribution in [3.63, 3.8) is 0 Å². The minimum Gasteiger partial charge on any atom is -0.444 e. The van der Waals surface area contributed by atoms with Crippen LogP contribution in [-0.4, -0.2) is 40.8 Å². The Labute approximate surface area is 137 Å². The molecular formula is C18H25NO4. The Morgan fingerprint density at radius 2 is 1.91 bits per heavy atom. The summed E-state index contributed by atoms with van der Waals surface area (Å²) >= 11 is 0. The van der Waals surface area contributed by atoms with Crippen LogP contribution in [0.1, 0.15) is 40.2 Å². The SMILES string of the molecule is CC(C)(C)OC(=O)N1[C@H](Cc2ccccc2)[C@@H](C=O)OC1(C)C. The van der Waals surface area contributed by atoms with Crippen LogP contribution in [0.15, 0.2) is 30.3 Å². The second-order valence-corrected chi connectivity index (χ2v) is 7.27. The molecule has 1 fully saturated rings. The summed E-state index contributed by atoms with van der Waals surface area (Å²) in [5, 5.41) is 0. The van der Waals surface area contributed by atoms with Crippen LogP contribution in [0.25, 0.3) is 0 Å². The van der Waals surface area contributed by atoms with Crippen molar-refractivity contribution in [2.24, 2.45) is 0 Å². The Bertz CT molecular complexity index is 562. The molecule has 5 heteroatoms. The lowest BCUT2D eigenvalue weighted by atomic mass is 10.0. The van der Waals surface area contributed by atoms with E-state index in [0.29, 0.717) is 6.42 Å². The summed E-state index contributed by atoms with van der Waals surface area (Å²) < 4.78 is 11.3. The number of amides is 1. The first-order valence-corrected chi connectivity index (χ1v) is 7.83. The van der Waals surface area contributed by atoms with Crippen molar-refractivity contribution in [1.82, 2.24) is 4.90 Å². The molecule has 0 bridgehead atoms. The lowest BCUT2D eigenvalue weighted by molar-refractivity contribution is -0.124. The first kappa shape index (κ1) is 17.5. The maximum atomic E-state index is 12.6. The van der Waals surface area contributed by atoms with Crippen LogP contribution in [0.2, 0.25) is 0 Å². The number of nitrogens with zero attached hydrogens (tertiary/aromatic N) is 1. The number of benzene rings is 1. The molecule has 1 amide bonds. The molecule has 1 aromatic carbocycles. The molecule has 1 heterocycles. The average molecular weight is 319 g/mol. The number of hydrogen-bond donors (Lipinski definition) is 0. The highest BCUT2D eigenvalue weighted by atomic mass is 16.6. The maximum Gasteiger partial charge on any atom is 0.412 e. The summed E-state index contributed by atoms with van der Waals surface area (Å²) in [4.78, 5) is 25.6. The Morgan fingerprint density at radius 1 is 1.30 bits per heavy atom. The van der Waals surface area contributed by atoms with E-state index < -0.39 is 23.5 Å². The molecule has 0 saturated carbocycles. The second kappa shape index (κ2) is 6.32. The molecule has 2 atom stereocenters. The van der Waals surface area contributed by atoms with E-state index >= 15 is 0 Å². The zero-order valence-electron chi connectivity index (χ0n) is 14.4. The molecule has 0 aromatic heterocycles. The third kappa shape index (κ3) is 4.10. The zero-order valence-corrected chi connectivity index (χ0v) is 14.4. The first-order valence-electron chi connectivity index (χ1n) is 7.83. The van der Waals surface area contributed by atoms with Crippen molar-refractivity contribution < 1.29 is 19.1 Å². The molecule has 1 aliphatic rings. The van der Waals surface area contributed by atoms with Gasteiger partial charge in [0.1, 0.15) is 17.4 Å². The van der Waals surface area contributed by atoms with E-state index in [1.54, 1.807) is 18.7 Å².